The molecule has 0 spiro atoms. The highest BCUT2D eigenvalue weighted by molar-refractivity contribution is 5.95. The fourth-order valence-electron chi connectivity index (χ4n) is 2.37. The van der Waals surface area contributed by atoms with E-state index in [1.54, 1.807) is 37.4 Å². The molecule has 2 heterocycles. The number of benzene rings is 1. The second-order valence-corrected chi connectivity index (χ2v) is 4.68. The Morgan fingerprint density at radius 1 is 1.29 bits per heavy atom. The third-order valence-corrected chi connectivity index (χ3v) is 3.29. The van der Waals surface area contributed by atoms with Gasteiger partial charge in [0.05, 0.1) is 5.52 Å². The first kappa shape index (κ1) is 13.0. The maximum atomic E-state index is 13.9. The zero-order valence-corrected chi connectivity index (χ0v) is 11.1. The lowest BCUT2D eigenvalue weighted by molar-refractivity contribution is 0.639. The lowest BCUT2D eigenvalue weighted by Gasteiger charge is -2.09. The van der Waals surface area contributed by atoms with Gasteiger partial charge in [0.25, 0.3) is 5.56 Å². The van der Waals surface area contributed by atoms with E-state index >= 15 is 0 Å². The summed E-state index contributed by atoms with van der Waals surface area (Å²) in [6.45, 7) is 1.73. The van der Waals surface area contributed by atoms with Gasteiger partial charge in [0, 0.05) is 28.4 Å². The largest absolute Gasteiger partial charge is 0.325 e. The second kappa shape index (κ2) is 4.84. The van der Waals surface area contributed by atoms with Crippen LogP contribution in [0, 0.1) is 24.1 Å². The fraction of sp³-hybridized carbons (Fsp3) is 0.0625. The van der Waals surface area contributed by atoms with E-state index in [9.17, 15) is 14.4 Å². The van der Waals surface area contributed by atoms with Gasteiger partial charge in [-0.2, -0.15) is 5.26 Å². The first-order chi connectivity index (χ1) is 10.1. The van der Waals surface area contributed by atoms with Crippen molar-refractivity contribution < 1.29 is 4.39 Å². The van der Waals surface area contributed by atoms with Gasteiger partial charge in [-0.15, -0.1) is 0 Å². The number of nitrogens with zero attached hydrogens (tertiary/aromatic N) is 2. The summed E-state index contributed by atoms with van der Waals surface area (Å²) in [4.78, 5) is 18.7. The van der Waals surface area contributed by atoms with E-state index in [0.717, 1.165) is 0 Å². The van der Waals surface area contributed by atoms with Gasteiger partial charge in [-0.3, -0.25) is 9.78 Å². The van der Waals surface area contributed by atoms with Crippen LogP contribution in [0.15, 0.2) is 41.3 Å². The number of fused-ring (bicyclic) bond motifs is 1. The molecule has 0 radical (unpaired) electrons. The summed E-state index contributed by atoms with van der Waals surface area (Å²) in [5.74, 6) is -0.387. The monoisotopic (exact) mass is 279 g/mol. The molecular formula is C16H10FN3O. The van der Waals surface area contributed by atoms with Crippen LogP contribution in [0.4, 0.5) is 4.39 Å². The number of hydrogen-bond donors (Lipinski definition) is 1. The molecule has 0 bridgehead atoms. The summed E-state index contributed by atoms with van der Waals surface area (Å²) in [7, 11) is 0. The van der Waals surface area contributed by atoms with E-state index in [2.05, 4.69) is 9.97 Å². The van der Waals surface area contributed by atoms with Gasteiger partial charge in [0.15, 0.2) is 0 Å². The number of H-pyrrole nitrogens is 1. The van der Waals surface area contributed by atoms with Crippen molar-refractivity contribution in [3.63, 3.8) is 0 Å². The van der Waals surface area contributed by atoms with Gasteiger partial charge in [0.2, 0.25) is 0 Å². The smallest absolute Gasteiger partial charge is 0.266 e. The van der Waals surface area contributed by atoms with E-state index in [1.807, 2.05) is 6.07 Å². The zero-order valence-electron chi connectivity index (χ0n) is 11.1. The van der Waals surface area contributed by atoms with Crippen LogP contribution in [-0.4, -0.2) is 9.97 Å². The highest BCUT2D eigenvalue weighted by Crippen LogP contribution is 2.30. The molecule has 0 amide bonds. The standard InChI is InChI=1S/C16H10FN3O/c1-9-7-12(13(8-18)16(21)20-9)10-4-5-14(17)11-3-2-6-19-15(10)11/h2-7H,1H3,(H,20,21). The predicted octanol–water partition coefficient (Wildman–Crippen LogP) is 2.91. The van der Waals surface area contributed by atoms with Crippen molar-refractivity contribution in [3.8, 4) is 17.2 Å². The zero-order chi connectivity index (χ0) is 15.0. The van der Waals surface area contributed by atoms with Crippen molar-refractivity contribution in [3.05, 3.63) is 64.0 Å². The molecule has 0 saturated heterocycles. The van der Waals surface area contributed by atoms with Crippen molar-refractivity contribution in [1.29, 1.82) is 5.26 Å². The van der Waals surface area contributed by atoms with Gasteiger partial charge in [0.1, 0.15) is 17.4 Å². The molecular weight excluding hydrogens is 269 g/mol. The minimum Gasteiger partial charge on any atom is -0.325 e. The van der Waals surface area contributed by atoms with Crippen molar-refractivity contribution in [1.82, 2.24) is 9.97 Å². The van der Waals surface area contributed by atoms with Gasteiger partial charge >= 0.3 is 0 Å². The number of nitriles is 1. The molecule has 1 N–H and O–H groups in total. The molecule has 2 aromatic heterocycles. The van der Waals surface area contributed by atoms with E-state index in [-0.39, 0.29) is 11.4 Å². The Bertz CT molecular complexity index is 954. The first-order valence-corrected chi connectivity index (χ1v) is 6.29. The van der Waals surface area contributed by atoms with Crippen molar-refractivity contribution in [2.45, 2.75) is 6.92 Å². The van der Waals surface area contributed by atoms with Crippen molar-refractivity contribution >= 4 is 10.9 Å². The van der Waals surface area contributed by atoms with Gasteiger partial charge in [-0.05, 0) is 37.3 Å². The van der Waals surface area contributed by atoms with Crippen LogP contribution in [0.1, 0.15) is 11.3 Å². The van der Waals surface area contributed by atoms with Gasteiger partial charge in [-0.25, -0.2) is 4.39 Å². The lowest BCUT2D eigenvalue weighted by Crippen LogP contribution is -2.12. The second-order valence-electron chi connectivity index (χ2n) is 4.68. The Morgan fingerprint density at radius 3 is 2.86 bits per heavy atom. The molecule has 3 aromatic rings. The summed E-state index contributed by atoms with van der Waals surface area (Å²) < 4.78 is 13.9. The van der Waals surface area contributed by atoms with Gasteiger partial charge in [-0.1, -0.05) is 0 Å². The van der Waals surface area contributed by atoms with Crippen LogP contribution in [0.25, 0.3) is 22.0 Å². The maximum absolute atomic E-state index is 13.9. The number of aryl methyl sites for hydroxylation is 1. The number of hydrogen-bond acceptors (Lipinski definition) is 3. The molecule has 0 atom stereocenters. The van der Waals surface area contributed by atoms with E-state index in [4.69, 9.17) is 0 Å². The average molecular weight is 279 g/mol. The molecule has 3 rings (SSSR count). The molecule has 102 valence electrons. The van der Waals surface area contributed by atoms with Crippen LogP contribution in [-0.2, 0) is 0 Å². The van der Waals surface area contributed by atoms with Crippen LogP contribution < -0.4 is 5.56 Å². The predicted molar refractivity (Wildman–Crippen MR) is 77.2 cm³/mol. The normalized spacial score (nSPS) is 10.5. The Kier molecular flexibility index (Phi) is 2.99. The minimum absolute atomic E-state index is 0.000777. The topological polar surface area (TPSA) is 69.5 Å². The number of nitrogens with one attached hydrogen (secondary N) is 1. The SMILES string of the molecule is Cc1cc(-c2ccc(F)c3cccnc23)c(C#N)c(=O)[nH]1. The highest BCUT2D eigenvalue weighted by atomic mass is 19.1. The third kappa shape index (κ3) is 2.07. The molecule has 0 aliphatic heterocycles. The number of aromatic amines is 1. The summed E-state index contributed by atoms with van der Waals surface area (Å²) >= 11 is 0. The van der Waals surface area contributed by atoms with Crippen molar-refractivity contribution in [2.75, 3.05) is 0 Å². The summed E-state index contributed by atoms with van der Waals surface area (Å²) in [5.41, 5.74) is 1.63. The number of aromatic nitrogens is 2. The molecule has 0 fully saturated rings. The van der Waals surface area contributed by atoms with Crippen LogP contribution in [0.2, 0.25) is 0 Å². The molecule has 0 unspecified atom stereocenters. The van der Waals surface area contributed by atoms with E-state index in [1.165, 1.54) is 6.07 Å². The number of pyridine rings is 2. The van der Waals surface area contributed by atoms with Crippen LogP contribution in [0.5, 0.6) is 0 Å². The quantitative estimate of drug-likeness (QED) is 0.744. The molecule has 21 heavy (non-hydrogen) atoms. The lowest BCUT2D eigenvalue weighted by atomic mass is 9.98. The Balaban J connectivity index is 2.45. The summed E-state index contributed by atoms with van der Waals surface area (Å²) in [6.07, 6.45) is 1.55. The van der Waals surface area contributed by atoms with Crippen LogP contribution in [0.3, 0.4) is 0 Å². The first-order valence-electron chi connectivity index (χ1n) is 6.29. The Hall–Kier alpha value is -3.00. The van der Waals surface area contributed by atoms with Crippen LogP contribution >= 0.6 is 0 Å². The van der Waals surface area contributed by atoms with E-state index < -0.39 is 5.56 Å². The van der Waals surface area contributed by atoms with E-state index in [0.29, 0.717) is 27.7 Å². The third-order valence-electron chi connectivity index (χ3n) is 3.29. The van der Waals surface area contributed by atoms with Crippen molar-refractivity contribution in [2.24, 2.45) is 0 Å². The number of rotatable bonds is 1. The molecule has 0 aliphatic carbocycles. The number of halogens is 1. The summed E-state index contributed by atoms with van der Waals surface area (Å²) in [5, 5.41) is 9.57. The average Bonchev–Trinajstić information content (AvgIpc) is 2.47. The molecule has 1 aromatic carbocycles. The molecule has 0 saturated carbocycles. The minimum atomic E-state index is -0.457. The maximum Gasteiger partial charge on any atom is 0.266 e. The molecule has 5 heteroatoms. The summed E-state index contributed by atoms with van der Waals surface area (Å²) in [6, 6.07) is 9.72. The highest BCUT2D eigenvalue weighted by Gasteiger charge is 2.15. The molecule has 4 nitrogen and oxygen atoms in total. The van der Waals surface area contributed by atoms with Gasteiger partial charge < -0.3 is 4.98 Å². The molecule has 0 aliphatic rings. The fourth-order valence-corrected chi connectivity index (χ4v) is 2.37. The Labute approximate surface area is 119 Å². The Morgan fingerprint density at radius 2 is 2.10 bits per heavy atom.